The Balaban J connectivity index is 1.88. The normalized spacial score (nSPS) is 11.3. The van der Waals surface area contributed by atoms with Crippen molar-refractivity contribution in [3.05, 3.63) is 83.9 Å². The first kappa shape index (κ1) is 23.2. The molecule has 9 heteroatoms. The Labute approximate surface area is 185 Å². The van der Waals surface area contributed by atoms with Gasteiger partial charge in [0, 0.05) is 23.4 Å². The molecule has 0 bridgehead atoms. The monoisotopic (exact) mass is 460 g/mol. The Morgan fingerprint density at radius 1 is 1.03 bits per heavy atom. The van der Waals surface area contributed by atoms with Crippen LogP contribution in [0.25, 0.3) is 0 Å². The molecule has 0 spiro atoms. The van der Waals surface area contributed by atoms with E-state index in [1.54, 1.807) is 43.3 Å². The summed E-state index contributed by atoms with van der Waals surface area (Å²) in [5.74, 6) is -0.641. The maximum Gasteiger partial charge on any atom is 0.387 e. The molecule has 0 aliphatic rings. The molecule has 3 aromatic rings. The molecule has 0 heterocycles. The fraction of sp³-hybridized carbons (Fsp3) is 0.174. The van der Waals surface area contributed by atoms with Crippen LogP contribution in [0.2, 0.25) is 0 Å². The van der Waals surface area contributed by atoms with Crippen molar-refractivity contribution in [2.75, 3.05) is 16.2 Å². The zero-order chi connectivity index (χ0) is 23.3. The number of halogens is 2. The van der Waals surface area contributed by atoms with Crippen LogP contribution in [0.5, 0.6) is 5.75 Å². The molecule has 0 saturated carbocycles. The van der Waals surface area contributed by atoms with Crippen molar-refractivity contribution in [2.45, 2.75) is 25.4 Å². The molecule has 0 radical (unpaired) electrons. The van der Waals surface area contributed by atoms with E-state index >= 15 is 0 Å². The van der Waals surface area contributed by atoms with Crippen molar-refractivity contribution in [1.29, 1.82) is 0 Å². The predicted octanol–water partition coefficient (Wildman–Crippen LogP) is 5.06. The third-order valence-corrected chi connectivity index (χ3v) is 6.66. The molecule has 6 nitrogen and oxygen atoms in total. The van der Waals surface area contributed by atoms with Crippen molar-refractivity contribution in [3.63, 3.8) is 0 Å². The van der Waals surface area contributed by atoms with Crippen molar-refractivity contribution in [2.24, 2.45) is 0 Å². The van der Waals surface area contributed by atoms with E-state index in [0.29, 0.717) is 11.3 Å². The highest BCUT2D eigenvalue weighted by molar-refractivity contribution is 7.92. The number of benzene rings is 3. The van der Waals surface area contributed by atoms with Crippen LogP contribution in [0.15, 0.2) is 77.7 Å². The fourth-order valence-electron chi connectivity index (χ4n) is 3.18. The lowest BCUT2D eigenvalue weighted by atomic mass is 10.1. The zero-order valence-electron chi connectivity index (χ0n) is 17.5. The number of hydrogen-bond acceptors (Lipinski definition) is 4. The average Bonchev–Trinajstić information content (AvgIpc) is 2.77. The number of para-hydroxylation sites is 1. The molecule has 3 rings (SSSR count). The van der Waals surface area contributed by atoms with Crippen LogP contribution in [-0.4, -0.2) is 27.5 Å². The Hall–Kier alpha value is -3.46. The van der Waals surface area contributed by atoms with Crippen LogP contribution in [0, 0.1) is 6.92 Å². The third-order valence-electron chi connectivity index (χ3n) is 4.76. The van der Waals surface area contributed by atoms with Gasteiger partial charge in [0.05, 0.1) is 10.6 Å². The summed E-state index contributed by atoms with van der Waals surface area (Å²) in [6, 6.07) is 18.7. The van der Waals surface area contributed by atoms with E-state index in [1.165, 1.54) is 47.6 Å². The number of carbonyl (C=O) groups is 1. The number of sulfonamides is 1. The molecule has 3 aromatic carbocycles. The average molecular weight is 461 g/mol. The summed E-state index contributed by atoms with van der Waals surface area (Å²) in [7, 11) is -3.91. The summed E-state index contributed by atoms with van der Waals surface area (Å²) in [5, 5.41) is 2.62. The molecular weight excluding hydrogens is 438 g/mol. The molecule has 0 aromatic heterocycles. The number of alkyl halides is 2. The summed E-state index contributed by atoms with van der Waals surface area (Å²) in [4.78, 5) is 12.7. The van der Waals surface area contributed by atoms with Crippen molar-refractivity contribution >= 4 is 27.3 Å². The van der Waals surface area contributed by atoms with Crippen LogP contribution < -0.4 is 14.4 Å². The highest BCUT2D eigenvalue weighted by Crippen LogP contribution is 2.28. The summed E-state index contributed by atoms with van der Waals surface area (Å²) >= 11 is 0. The van der Waals surface area contributed by atoms with Crippen molar-refractivity contribution < 1.29 is 26.7 Å². The van der Waals surface area contributed by atoms with Gasteiger partial charge in [-0.25, -0.2) is 8.42 Å². The van der Waals surface area contributed by atoms with Gasteiger partial charge in [-0.2, -0.15) is 8.78 Å². The van der Waals surface area contributed by atoms with Crippen molar-refractivity contribution in [3.8, 4) is 5.75 Å². The summed E-state index contributed by atoms with van der Waals surface area (Å²) < 4.78 is 57.2. The number of ether oxygens (including phenoxy) is 1. The minimum absolute atomic E-state index is 0.0395. The van der Waals surface area contributed by atoms with Crippen LogP contribution in [0.1, 0.15) is 22.8 Å². The highest BCUT2D eigenvalue weighted by Gasteiger charge is 2.24. The number of anilines is 2. The van der Waals surface area contributed by atoms with E-state index in [2.05, 4.69) is 10.1 Å². The van der Waals surface area contributed by atoms with Gasteiger partial charge in [-0.1, -0.05) is 30.3 Å². The molecule has 0 unspecified atom stereocenters. The molecule has 168 valence electrons. The quantitative estimate of drug-likeness (QED) is 0.510. The first-order chi connectivity index (χ1) is 15.2. The van der Waals surface area contributed by atoms with E-state index in [4.69, 9.17) is 0 Å². The van der Waals surface area contributed by atoms with Gasteiger partial charge >= 0.3 is 6.61 Å². The van der Waals surface area contributed by atoms with E-state index in [0.717, 1.165) is 0 Å². The minimum atomic E-state index is -3.91. The molecule has 0 atom stereocenters. The second-order valence-electron chi connectivity index (χ2n) is 6.79. The van der Waals surface area contributed by atoms with Gasteiger partial charge in [-0.15, -0.1) is 0 Å². The van der Waals surface area contributed by atoms with Gasteiger partial charge in [0.2, 0.25) is 0 Å². The predicted molar refractivity (Wildman–Crippen MR) is 119 cm³/mol. The number of rotatable bonds is 8. The van der Waals surface area contributed by atoms with Crippen LogP contribution in [0.4, 0.5) is 20.2 Å². The maximum absolute atomic E-state index is 13.2. The molecule has 0 fully saturated rings. The fourth-order valence-corrected chi connectivity index (χ4v) is 4.70. The van der Waals surface area contributed by atoms with Crippen molar-refractivity contribution in [1.82, 2.24) is 0 Å². The Kier molecular flexibility index (Phi) is 7.09. The number of carbonyl (C=O) groups excluding carboxylic acids is 1. The van der Waals surface area contributed by atoms with Gasteiger partial charge in [-0.3, -0.25) is 9.10 Å². The number of amides is 1. The smallest absolute Gasteiger partial charge is 0.387 e. The van der Waals surface area contributed by atoms with Gasteiger partial charge in [-0.05, 0) is 56.3 Å². The lowest BCUT2D eigenvalue weighted by Crippen LogP contribution is -2.31. The summed E-state index contributed by atoms with van der Waals surface area (Å²) in [6.45, 7) is 0.470. The first-order valence-electron chi connectivity index (χ1n) is 9.77. The van der Waals surface area contributed by atoms with E-state index in [9.17, 15) is 22.0 Å². The van der Waals surface area contributed by atoms with Crippen LogP contribution >= 0.6 is 0 Å². The second kappa shape index (κ2) is 9.78. The number of nitrogens with one attached hydrogen (secondary N) is 1. The van der Waals surface area contributed by atoms with Crippen LogP contribution in [0.3, 0.4) is 0 Å². The second-order valence-corrected chi connectivity index (χ2v) is 8.66. The van der Waals surface area contributed by atoms with E-state index < -0.39 is 22.5 Å². The van der Waals surface area contributed by atoms with Gasteiger partial charge < -0.3 is 10.1 Å². The van der Waals surface area contributed by atoms with E-state index in [-0.39, 0.29) is 28.4 Å². The molecule has 0 aliphatic heterocycles. The molecule has 1 amide bonds. The highest BCUT2D eigenvalue weighted by atomic mass is 32.2. The Morgan fingerprint density at radius 3 is 2.38 bits per heavy atom. The first-order valence-corrected chi connectivity index (χ1v) is 11.2. The largest absolute Gasteiger partial charge is 0.434 e. The number of hydrogen-bond donors (Lipinski definition) is 1. The topological polar surface area (TPSA) is 75.7 Å². The molecule has 1 N–H and O–H groups in total. The standard InChI is InChI=1S/C23H22F2N2O4S/c1-3-27(18-10-5-4-6-11-18)32(29,30)19-12-7-9-17(15-19)22(28)26-20-13-8-14-21(16(20)2)31-23(24)25/h4-15,23H,3H2,1-2H3,(H,26,28). The molecule has 0 saturated heterocycles. The lowest BCUT2D eigenvalue weighted by molar-refractivity contribution is -0.0502. The number of nitrogens with zero attached hydrogens (tertiary/aromatic N) is 1. The van der Waals surface area contributed by atoms with E-state index in [1.807, 2.05) is 0 Å². The Bertz CT molecular complexity index is 1200. The molecule has 0 aliphatic carbocycles. The maximum atomic E-state index is 13.2. The van der Waals surface area contributed by atoms with Gasteiger partial charge in [0.1, 0.15) is 5.75 Å². The molecular formula is C23H22F2N2O4S. The molecule has 32 heavy (non-hydrogen) atoms. The zero-order valence-corrected chi connectivity index (χ0v) is 18.3. The SMILES string of the molecule is CCN(c1ccccc1)S(=O)(=O)c1cccc(C(=O)Nc2cccc(OC(F)F)c2C)c1. The Morgan fingerprint density at radius 2 is 1.72 bits per heavy atom. The summed E-state index contributed by atoms with van der Waals surface area (Å²) in [6.07, 6.45) is 0. The van der Waals surface area contributed by atoms with Crippen LogP contribution in [-0.2, 0) is 10.0 Å². The van der Waals surface area contributed by atoms with Gasteiger partial charge in [0.25, 0.3) is 15.9 Å². The lowest BCUT2D eigenvalue weighted by Gasteiger charge is -2.23. The van der Waals surface area contributed by atoms with Gasteiger partial charge in [0.15, 0.2) is 0 Å². The summed E-state index contributed by atoms with van der Waals surface area (Å²) in [5.41, 5.74) is 1.22. The third kappa shape index (κ3) is 5.05. The minimum Gasteiger partial charge on any atom is -0.434 e.